The molecule has 2 aliphatic rings. The molecule has 5 rings (SSSR count). The molecular formula is C23H27N3O5S3. The van der Waals surface area contributed by atoms with Gasteiger partial charge in [0.05, 0.1) is 31.1 Å². The van der Waals surface area contributed by atoms with Crippen molar-refractivity contribution in [3.8, 4) is 0 Å². The van der Waals surface area contributed by atoms with Crippen LogP contribution in [-0.2, 0) is 24.8 Å². The van der Waals surface area contributed by atoms with Gasteiger partial charge in [-0.3, -0.25) is 0 Å². The molecule has 0 radical (unpaired) electrons. The molecule has 0 aliphatic carbocycles. The third-order valence-electron chi connectivity index (χ3n) is 6.41. The zero-order chi connectivity index (χ0) is 23.8. The fourth-order valence-electron chi connectivity index (χ4n) is 4.44. The van der Waals surface area contributed by atoms with Crippen molar-refractivity contribution < 1.29 is 21.6 Å². The number of fused-ring (bicyclic) bond motifs is 1. The van der Waals surface area contributed by atoms with Crippen LogP contribution in [-0.4, -0.2) is 58.5 Å². The van der Waals surface area contributed by atoms with E-state index < -0.39 is 20.0 Å². The van der Waals surface area contributed by atoms with E-state index in [2.05, 4.69) is 10.8 Å². The van der Waals surface area contributed by atoms with Crippen LogP contribution < -0.4 is 4.72 Å². The molecule has 0 spiro atoms. The summed E-state index contributed by atoms with van der Waals surface area (Å²) in [5, 5.41) is 1.06. The molecule has 3 aromatic rings. The lowest BCUT2D eigenvalue weighted by Gasteiger charge is -2.30. The van der Waals surface area contributed by atoms with Crippen LogP contribution >= 0.6 is 11.3 Å². The van der Waals surface area contributed by atoms with E-state index >= 15 is 0 Å². The molecule has 2 aliphatic heterocycles. The molecule has 1 N–H and O–H groups in total. The molecule has 8 nitrogen and oxygen atoms in total. The normalized spacial score (nSPS) is 20.8. The van der Waals surface area contributed by atoms with Gasteiger partial charge in [0.25, 0.3) is 0 Å². The van der Waals surface area contributed by atoms with E-state index in [0.717, 1.165) is 28.1 Å². The van der Waals surface area contributed by atoms with Gasteiger partial charge in [0.2, 0.25) is 20.0 Å². The molecule has 2 aromatic carbocycles. The van der Waals surface area contributed by atoms with Gasteiger partial charge in [-0.2, -0.15) is 4.31 Å². The fraction of sp³-hybridized carbons (Fsp3) is 0.435. The number of hydrogen-bond donors (Lipinski definition) is 1. The van der Waals surface area contributed by atoms with Gasteiger partial charge in [-0.1, -0.05) is 12.1 Å². The molecular weight excluding hydrogens is 494 g/mol. The van der Waals surface area contributed by atoms with Crippen LogP contribution in [0.3, 0.4) is 0 Å². The summed E-state index contributed by atoms with van der Waals surface area (Å²) >= 11 is 1.67. The Morgan fingerprint density at radius 3 is 2.35 bits per heavy atom. The SMILES string of the molecule is O=S(=O)(NCC1CCCO1)c1ccc(S(=O)(=O)N2CCC(c3nc4ccccc4s3)CC2)cc1. The molecule has 182 valence electrons. The van der Waals surface area contributed by atoms with E-state index in [9.17, 15) is 16.8 Å². The van der Waals surface area contributed by atoms with Crippen molar-refractivity contribution in [2.45, 2.75) is 47.5 Å². The maximum absolute atomic E-state index is 13.2. The van der Waals surface area contributed by atoms with Crippen LogP contribution in [0.15, 0.2) is 58.3 Å². The van der Waals surface area contributed by atoms with Crippen molar-refractivity contribution in [1.82, 2.24) is 14.0 Å². The molecule has 34 heavy (non-hydrogen) atoms. The molecule has 0 bridgehead atoms. The highest BCUT2D eigenvalue weighted by Gasteiger charge is 2.31. The third kappa shape index (κ3) is 4.91. The highest BCUT2D eigenvalue weighted by molar-refractivity contribution is 7.89. The number of sulfonamides is 2. The summed E-state index contributed by atoms with van der Waals surface area (Å²) < 4.78 is 62.1. The third-order valence-corrected chi connectivity index (χ3v) is 11.0. The molecule has 0 amide bonds. The summed E-state index contributed by atoms with van der Waals surface area (Å²) in [5.41, 5.74) is 0.984. The summed E-state index contributed by atoms with van der Waals surface area (Å²) in [6.07, 6.45) is 3.06. The average Bonchev–Trinajstić information content (AvgIpc) is 3.53. The second-order valence-corrected chi connectivity index (χ2v) is 13.4. The Kier molecular flexibility index (Phi) is 6.75. The summed E-state index contributed by atoms with van der Waals surface area (Å²) in [4.78, 5) is 4.88. The number of aromatic nitrogens is 1. The van der Waals surface area contributed by atoms with Gasteiger partial charge in [-0.25, -0.2) is 26.5 Å². The van der Waals surface area contributed by atoms with Gasteiger partial charge in [0, 0.05) is 32.2 Å². The van der Waals surface area contributed by atoms with E-state index in [1.807, 2.05) is 18.2 Å². The van der Waals surface area contributed by atoms with Crippen LogP contribution in [0.25, 0.3) is 10.2 Å². The van der Waals surface area contributed by atoms with Crippen LogP contribution in [0.2, 0.25) is 0 Å². The Bertz CT molecular complexity index is 1320. The van der Waals surface area contributed by atoms with E-state index in [1.165, 1.54) is 28.6 Å². The molecule has 3 heterocycles. The second-order valence-electron chi connectivity index (χ2n) is 8.66. The van der Waals surface area contributed by atoms with Crippen LogP contribution in [0.1, 0.15) is 36.6 Å². The van der Waals surface area contributed by atoms with E-state index in [-0.39, 0.29) is 28.4 Å². The van der Waals surface area contributed by atoms with Crippen molar-refractivity contribution in [2.75, 3.05) is 26.2 Å². The lowest BCUT2D eigenvalue weighted by molar-refractivity contribution is 0.114. The molecule has 2 saturated heterocycles. The van der Waals surface area contributed by atoms with Gasteiger partial charge in [0.1, 0.15) is 0 Å². The summed E-state index contributed by atoms with van der Waals surface area (Å²) in [6, 6.07) is 13.4. The standard InChI is InChI=1S/C23H27N3O5S3/c27-33(28,24-16-18-4-3-15-31-18)19-7-9-20(10-8-19)34(29,30)26-13-11-17(12-14-26)23-25-21-5-1-2-6-22(21)32-23/h1-2,5-10,17-18,24H,3-4,11-16H2. The predicted molar refractivity (Wildman–Crippen MR) is 131 cm³/mol. The first-order chi connectivity index (χ1) is 16.3. The van der Waals surface area contributed by atoms with Crippen molar-refractivity contribution in [3.63, 3.8) is 0 Å². The van der Waals surface area contributed by atoms with Gasteiger partial charge in [-0.05, 0) is 62.1 Å². The number of piperidine rings is 1. The predicted octanol–water partition coefficient (Wildman–Crippen LogP) is 3.32. The second kappa shape index (κ2) is 9.63. The minimum Gasteiger partial charge on any atom is -0.377 e. The minimum atomic E-state index is -3.73. The highest BCUT2D eigenvalue weighted by atomic mass is 32.2. The van der Waals surface area contributed by atoms with Gasteiger partial charge in [0.15, 0.2) is 0 Å². The monoisotopic (exact) mass is 521 g/mol. The maximum atomic E-state index is 13.2. The molecule has 2 fully saturated rings. The Hall–Kier alpha value is -1.89. The number of nitrogens with zero attached hydrogens (tertiary/aromatic N) is 2. The molecule has 1 aromatic heterocycles. The number of thiazole rings is 1. The summed E-state index contributed by atoms with van der Waals surface area (Å²) in [7, 11) is -7.43. The van der Waals surface area contributed by atoms with Crippen LogP contribution in [0, 0.1) is 0 Å². The van der Waals surface area contributed by atoms with Gasteiger partial charge in [-0.15, -0.1) is 11.3 Å². The number of benzene rings is 2. The lowest BCUT2D eigenvalue weighted by Crippen LogP contribution is -2.37. The average molecular weight is 522 g/mol. The van der Waals surface area contributed by atoms with Crippen molar-refractivity contribution in [1.29, 1.82) is 0 Å². The van der Waals surface area contributed by atoms with Crippen LogP contribution in [0.4, 0.5) is 0 Å². The van der Waals surface area contributed by atoms with Crippen molar-refractivity contribution in [2.24, 2.45) is 0 Å². The number of para-hydroxylation sites is 1. The topological polar surface area (TPSA) is 106 Å². The highest BCUT2D eigenvalue weighted by Crippen LogP contribution is 2.35. The summed E-state index contributed by atoms with van der Waals surface area (Å²) in [5.74, 6) is 0.242. The number of ether oxygens (including phenoxy) is 1. The zero-order valence-electron chi connectivity index (χ0n) is 18.6. The molecule has 0 saturated carbocycles. The number of nitrogens with one attached hydrogen (secondary N) is 1. The van der Waals surface area contributed by atoms with Crippen molar-refractivity contribution >= 4 is 41.6 Å². The Labute approximate surface area is 204 Å². The molecule has 11 heteroatoms. The van der Waals surface area contributed by atoms with E-state index in [0.29, 0.717) is 32.5 Å². The number of rotatable bonds is 7. The number of hydrogen-bond acceptors (Lipinski definition) is 7. The zero-order valence-corrected chi connectivity index (χ0v) is 21.0. The summed E-state index contributed by atoms with van der Waals surface area (Å²) in [6.45, 7) is 1.68. The van der Waals surface area contributed by atoms with E-state index in [1.54, 1.807) is 11.3 Å². The largest absolute Gasteiger partial charge is 0.377 e. The Morgan fingerprint density at radius 2 is 1.68 bits per heavy atom. The smallest absolute Gasteiger partial charge is 0.243 e. The molecule has 1 atom stereocenters. The molecule has 1 unspecified atom stereocenters. The van der Waals surface area contributed by atoms with Crippen LogP contribution in [0.5, 0.6) is 0 Å². The van der Waals surface area contributed by atoms with Crippen molar-refractivity contribution in [3.05, 3.63) is 53.5 Å². The minimum absolute atomic E-state index is 0.0407. The van der Waals surface area contributed by atoms with Gasteiger partial charge < -0.3 is 4.74 Å². The van der Waals surface area contributed by atoms with Gasteiger partial charge >= 0.3 is 0 Å². The first kappa shape index (κ1) is 23.8. The Morgan fingerprint density at radius 1 is 0.971 bits per heavy atom. The first-order valence-electron chi connectivity index (χ1n) is 11.4. The maximum Gasteiger partial charge on any atom is 0.243 e. The van der Waals surface area contributed by atoms with E-state index in [4.69, 9.17) is 9.72 Å². The fourth-order valence-corrected chi connectivity index (χ4v) is 8.11. The first-order valence-corrected chi connectivity index (χ1v) is 15.1. The Balaban J connectivity index is 1.23. The lowest BCUT2D eigenvalue weighted by atomic mass is 9.99. The quantitative estimate of drug-likeness (QED) is 0.511.